The Hall–Kier alpha value is -3.75. The molecule has 0 bridgehead atoms. The normalized spacial score (nSPS) is 14.8. The van der Waals surface area contributed by atoms with Gasteiger partial charge in [0, 0.05) is 13.1 Å². The first kappa shape index (κ1) is 56.8. The SMILES string of the molecule is CCCCCCCCCCCCCCCCCCN1C(=CC=CC2Oc3ccccc3N2CCCCCCCCCCCCCCCCCC)Oc2ccccc21.Cc1ccc(S(=O)(=O)O)cc1. The summed E-state index contributed by atoms with van der Waals surface area (Å²) in [6.07, 6.45) is 51.0. The van der Waals surface area contributed by atoms with E-state index in [4.69, 9.17) is 14.0 Å². The fourth-order valence-corrected chi connectivity index (χ4v) is 9.99. The lowest BCUT2D eigenvalue weighted by atomic mass is 10.0. The molecule has 1 atom stereocenters. The summed E-state index contributed by atoms with van der Waals surface area (Å²) in [7, 11) is -4.02. The van der Waals surface area contributed by atoms with E-state index in [1.165, 1.54) is 229 Å². The number of hydrogen-bond donors (Lipinski definition) is 1. The van der Waals surface area contributed by atoms with Crippen molar-refractivity contribution in [1.29, 1.82) is 0 Å². The number of hydrogen-bond acceptors (Lipinski definition) is 6. The van der Waals surface area contributed by atoms with Gasteiger partial charge in [0.25, 0.3) is 10.1 Å². The number of unbranched alkanes of at least 4 members (excludes halogenated alkanes) is 30. The van der Waals surface area contributed by atoms with Crippen molar-refractivity contribution in [3.63, 3.8) is 0 Å². The van der Waals surface area contributed by atoms with Crippen LogP contribution < -0.4 is 19.3 Å². The van der Waals surface area contributed by atoms with Gasteiger partial charge in [-0.3, -0.25) is 4.55 Å². The van der Waals surface area contributed by atoms with E-state index in [0.717, 1.165) is 36.0 Å². The van der Waals surface area contributed by atoms with Gasteiger partial charge in [0.05, 0.1) is 16.3 Å². The van der Waals surface area contributed by atoms with E-state index in [2.05, 4.69) is 90.4 Å². The summed E-state index contributed by atoms with van der Waals surface area (Å²) < 4.78 is 42.4. The third-order valence-electron chi connectivity index (χ3n) is 13.7. The first-order chi connectivity index (χ1) is 33.3. The summed E-state index contributed by atoms with van der Waals surface area (Å²) >= 11 is 0. The molecule has 2 aliphatic rings. The van der Waals surface area contributed by atoms with Crippen LogP contribution in [0.15, 0.2) is 102 Å². The van der Waals surface area contributed by atoms with Crippen LogP contribution in [-0.2, 0) is 10.1 Å². The second-order valence-electron chi connectivity index (χ2n) is 19.7. The maximum atomic E-state index is 10.5. The number of anilines is 2. The van der Waals surface area contributed by atoms with E-state index >= 15 is 0 Å². The van der Waals surface area contributed by atoms with Crippen molar-refractivity contribution < 1.29 is 22.4 Å². The first-order valence-corrected chi connectivity index (χ1v) is 29.2. The van der Waals surface area contributed by atoms with Crippen LogP contribution in [-0.4, -0.2) is 32.3 Å². The quantitative estimate of drug-likeness (QED) is 0.0455. The van der Waals surface area contributed by atoms with E-state index in [0.29, 0.717) is 0 Å². The van der Waals surface area contributed by atoms with Crippen molar-refractivity contribution in [1.82, 2.24) is 0 Å². The van der Waals surface area contributed by atoms with Crippen molar-refractivity contribution in [2.24, 2.45) is 0 Å². The topological polar surface area (TPSA) is 79.3 Å². The van der Waals surface area contributed by atoms with Gasteiger partial charge in [0.2, 0.25) is 5.88 Å². The van der Waals surface area contributed by atoms with Crippen molar-refractivity contribution in [2.45, 2.75) is 237 Å². The van der Waals surface area contributed by atoms with Gasteiger partial charge in [0.1, 0.15) is 5.75 Å². The molecular formula is C60H94N2O5S. The van der Waals surface area contributed by atoms with Crippen molar-refractivity contribution >= 4 is 21.5 Å². The Balaban J connectivity index is 0.000000802. The summed E-state index contributed by atoms with van der Waals surface area (Å²) in [5.41, 5.74) is 3.36. The molecule has 0 aliphatic carbocycles. The van der Waals surface area contributed by atoms with E-state index in [9.17, 15) is 8.42 Å². The lowest BCUT2D eigenvalue weighted by Crippen LogP contribution is -2.33. The molecule has 68 heavy (non-hydrogen) atoms. The van der Waals surface area contributed by atoms with E-state index < -0.39 is 10.1 Å². The van der Waals surface area contributed by atoms with Crippen LogP contribution in [0, 0.1) is 6.92 Å². The van der Waals surface area contributed by atoms with Gasteiger partial charge in [-0.2, -0.15) is 8.42 Å². The van der Waals surface area contributed by atoms with Gasteiger partial charge in [0.15, 0.2) is 12.0 Å². The standard InChI is InChI=1S/C53H86N2O2.C7H8O3S/c1-3-5-7-9-11-13-15-17-19-21-23-25-27-29-31-37-46-54-48-40-33-35-42-50(48)56-52(54)44-39-45-53-55(49-41-34-36-43-51(49)57-53)47-38-32-30-28-26-24-22-20-18-16-14-12-10-8-6-4-2;1-6-2-4-7(5-3-6)11(8,9)10/h33-36,39-45,52H,3-32,37-38,46-47H2,1-2H3;2-5H,1H3,(H,8,9,10). The third kappa shape index (κ3) is 23.2. The molecule has 0 radical (unpaired) electrons. The highest BCUT2D eigenvalue weighted by Gasteiger charge is 2.29. The average molecular weight is 955 g/mol. The summed E-state index contributed by atoms with van der Waals surface area (Å²) in [6, 6.07) is 23.0. The lowest BCUT2D eigenvalue weighted by molar-refractivity contribution is 0.272. The third-order valence-corrected chi connectivity index (χ3v) is 14.6. The van der Waals surface area contributed by atoms with Crippen LogP contribution in [0.5, 0.6) is 11.5 Å². The zero-order chi connectivity index (χ0) is 48.3. The second kappa shape index (κ2) is 35.4. The predicted octanol–water partition coefficient (Wildman–Crippen LogP) is 18.3. The van der Waals surface area contributed by atoms with Crippen molar-refractivity contribution in [3.05, 3.63) is 102 Å². The molecule has 5 rings (SSSR count). The van der Waals surface area contributed by atoms with Gasteiger partial charge in [-0.05, 0) is 68.3 Å². The number of benzene rings is 3. The molecular weight excluding hydrogens is 861 g/mol. The fourth-order valence-electron chi connectivity index (χ4n) is 9.51. The number of nitrogens with zero attached hydrogens (tertiary/aromatic N) is 2. The molecule has 380 valence electrons. The molecule has 2 aliphatic heterocycles. The molecule has 0 spiro atoms. The maximum Gasteiger partial charge on any atom is 0.294 e. The molecule has 0 fully saturated rings. The Morgan fingerprint density at radius 1 is 0.500 bits per heavy atom. The highest BCUT2D eigenvalue weighted by molar-refractivity contribution is 7.85. The van der Waals surface area contributed by atoms with Crippen LogP contribution in [0.2, 0.25) is 0 Å². The molecule has 0 saturated heterocycles. The molecule has 8 heteroatoms. The maximum absolute atomic E-state index is 10.5. The van der Waals surface area contributed by atoms with E-state index in [1.807, 2.05) is 6.92 Å². The Morgan fingerprint density at radius 3 is 1.35 bits per heavy atom. The van der Waals surface area contributed by atoms with Gasteiger partial charge in [-0.15, -0.1) is 0 Å². The number of allylic oxidation sites excluding steroid dienone is 2. The second-order valence-corrected chi connectivity index (χ2v) is 21.1. The molecule has 0 aromatic heterocycles. The lowest BCUT2D eigenvalue weighted by Gasteiger charge is -2.23. The van der Waals surface area contributed by atoms with E-state index in [1.54, 1.807) is 12.1 Å². The minimum Gasteiger partial charge on any atom is -0.465 e. The van der Waals surface area contributed by atoms with Crippen LogP contribution in [0.25, 0.3) is 0 Å². The molecule has 0 amide bonds. The number of aryl methyl sites for hydroxylation is 1. The summed E-state index contributed by atoms with van der Waals surface area (Å²) in [5.74, 6) is 2.88. The molecule has 7 nitrogen and oxygen atoms in total. The van der Waals surface area contributed by atoms with Crippen LogP contribution in [0.4, 0.5) is 11.4 Å². The zero-order valence-electron chi connectivity index (χ0n) is 43.2. The van der Waals surface area contributed by atoms with Crippen LogP contribution >= 0.6 is 0 Å². The van der Waals surface area contributed by atoms with Gasteiger partial charge < -0.3 is 19.3 Å². The van der Waals surface area contributed by atoms with Crippen LogP contribution in [0.3, 0.4) is 0 Å². The van der Waals surface area contributed by atoms with Crippen molar-refractivity contribution in [2.75, 3.05) is 22.9 Å². The molecule has 1 N–H and O–H groups in total. The van der Waals surface area contributed by atoms with Gasteiger partial charge in [-0.1, -0.05) is 255 Å². The zero-order valence-corrected chi connectivity index (χ0v) is 44.0. The molecule has 3 aromatic carbocycles. The minimum atomic E-state index is -4.02. The van der Waals surface area contributed by atoms with E-state index in [-0.39, 0.29) is 11.1 Å². The van der Waals surface area contributed by atoms with Gasteiger partial charge >= 0.3 is 0 Å². The highest BCUT2D eigenvalue weighted by atomic mass is 32.2. The van der Waals surface area contributed by atoms with Crippen LogP contribution in [0.1, 0.15) is 225 Å². The summed E-state index contributed by atoms with van der Waals surface area (Å²) in [5, 5.41) is 0. The molecule has 1 unspecified atom stereocenters. The van der Waals surface area contributed by atoms with Gasteiger partial charge in [-0.25, -0.2) is 0 Å². The predicted molar refractivity (Wildman–Crippen MR) is 290 cm³/mol. The highest BCUT2D eigenvalue weighted by Crippen LogP contribution is 2.40. The first-order valence-electron chi connectivity index (χ1n) is 27.8. The molecule has 2 heterocycles. The summed E-state index contributed by atoms with van der Waals surface area (Å²) in [4.78, 5) is 4.76. The number of para-hydroxylation sites is 4. The number of fused-ring (bicyclic) bond motifs is 2. The average Bonchev–Trinajstić information content (AvgIpc) is 3.88. The number of rotatable bonds is 37. The minimum absolute atomic E-state index is 0.0666. The fraction of sp³-hybridized carbons (Fsp3) is 0.633. The molecule has 0 saturated carbocycles. The summed E-state index contributed by atoms with van der Waals surface area (Å²) in [6.45, 7) is 8.46. The Morgan fingerprint density at radius 2 is 0.897 bits per heavy atom. The monoisotopic (exact) mass is 955 g/mol. The molecule has 3 aromatic rings. The Kier molecular flexibility index (Phi) is 29.6. The Labute approximate surface area is 416 Å². The smallest absolute Gasteiger partial charge is 0.294 e. The number of ether oxygens (including phenoxy) is 2. The Bertz CT molecular complexity index is 1910. The van der Waals surface area contributed by atoms with Crippen molar-refractivity contribution in [3.8, 4) is 11.5 Å². The largest absolute Gasteiger partial charge is 0.465 e.